The van der Waals surface area contributed by atoms with Gasteiger partial charge in [-0.1, -0.05) is 18.6 Å². The Bertz CT molecular complexity index is 534. The second-order valence-corrected chi connectivity index (χ2v) is 7.03. The van der Waals surface area contributed by atoms with E-state index in [9.17, 15) is 13.5 Å². The quantitative estimate of drug-likeness (QED) is 0.535. The third-order valence-electron chi connectivity index (χ3n) is 3.25. The summed E-state index contributed by atoms with van der Waals surface area (Å²) in [6, 6.07) is 6.78. The molecule has 1 atom stereocenters. The van der Waals surface area contributed by atoms with Gasteiger partial charge in [-0.3, -0.25) is 4.72 Å². The summed E-state index contributed by atoms with van der Waals surface area (Å²) in [7, 11) is -1.74. The van der Waals surface area contributed by atoms with Crippen molar-refractivity contribution >= 4 is 15.7 Å². The zero-order valence-corrected chi connectivity index (χ0v) is 13.8. The Hall–Kier alpha value is -1.15. The zero-order valence-electron chi connectivity index (χ0n) is 13.0. The van der Waals surface area contributed by atoms with Gasteiger partial charge in [0.05, 0.1) is 11.9 Å². The van der Waals surface area contributed by atoms with Crippen LogP contribution in [-0.4, -0.2) is 39.5 Å². The molecule has 6 nitrogen and oxygen atoms in total. The van der Waals surface area contributed by atoms with Crippen LogP contribution in [0.25, 0.3) is 0 Å². The lowest BCUT2D eigenvalue weighted by molar-refractivity contribution is 0.170. The average Bonchev–Trinajstić information content (AvgIpc) is 2.47. The molecule has 0 heterocycles. The number of hydrogen-bond acceptors (Lipinski definition) is 5. The molecule has 0 bridgehead atoms. The van der Waals surface area contributed by atoms with Gasteiger partial charge in [-0.15, -0.1) is 0 Å². The molecule has 0 aromatic heterocycles. The Kier molecular flexibility index (Phi) is 8.40. The molecule has 1 aromatic rings. The van der Waals surface area contributed by atoms with Crippen molar-refractivity contribution in [2.24, 2.45) is 5.73 Å². The van der Waals surface area contributed by atoms with Crippen LogP contribution in [0.5, 0.6) is 0 Å². The summed E-state index contributed by atoms with van der Waals surface area (Å²) in [5, 5.41) is 9.90. The Balaban J connectivity index is 2.56. The lowest BCUT2D eigenvalue weighted by Crippen LogP contribution is -2.17. The van der Waals surface area contributed by atoms with Crippen molar-refractivity contribution in [1.29, 1.82) is 0 Å². The summed E-state index contributed by atoms with van der Waals surface area (Å²) < 4.78 is 31.5. The first kappa shape index (κ1) is 18.9. The number of methoxy groups -OCH3 is 1. The highest BCUT2D eigenvalue weighted by molar-refractivity contribution is 7.92. The van der Waals surface area contributed by atoms with Crippen molar-refractivity contribution in [3.05, 3.63) is 29.8 Å². The van der Waals surface area contributed by atoms with E-state index in [0.717, 1.165) is 12.8 Å². The highest BCUT2D eigenvalue weighted by Gasteiger charge is 2.12. The summed E-state index contributed by atoms with van der Waals surface area (Å²) in [5.41, 5.74) is 6.54. The lowest BCUT2D eigenvalue weighted by atomic mass is 10.1. The molecule has 1 unspecified atom stereocenters. The summed E-state index contributed by atoms with van der Waals surface area (Å²) in [6.07, 6.45) is 2.02. The Morgan fingerprint density at radius 2 is 2.09 bits per heavy atom. The number of aliphatic hydroxyl groups excluding tert-OH is 1. The number of sulfonamides is 1. The normalized spacial score (nSPS) is 13.0. The third-order valence-corrected chi connectivity index (χ3v) is 4.62. The van der Waals surface area contributed by atoms with Crippen LogP contribution in [0.3, 0.4) is 0 Å². The van der Waals surface area contributed by atoms with Gasteiger partial charge in [-0.05, 0) is 43.5 Å². The first-order valence-electron chi connectivity index (χ1n) is 7.46. The Morgan fingerprint density at radius 3 is 2.77 bits per heavy atom. The number of nitrogens with one attached hydrogen (secondary N) is 1. The van der Waals surface area contributed by atoms with E-state index in [1.165, 1.54) is 0 Å². The van der Waals surface area contributed by atoms with Crippen LogP contribution >= 0.6 is 0 Å². The molecule has 7 heteroatoms. The van der Waals surface area contributed by atoms with E-state index < -0.39 is 16.1 Å². The minimum Gasteiger partial charge on any atom is -0.388 e. The van der Waals surface area contributed by atoms with E-state index in [4.69, 9.17) is 10.5 Å². The van der Waals surface area contributed by atoms with Crippen LogP contribution in [0.15, 0.2) is 24.3 Å². The fraction of sp³-hybridized carbons (Fsp3) is 0.600. The predicted octanol–water partition coefficient (Wildman–Crippen LogP) is 1.63. The fourth-order valence-corrected chi connectivity index (χ4v) is 3.25. The molecule has 0 saturated heterocycles. The molecule has 4 N–H and O–H groups in total. The number of anilines is 1. The number of nitrogens with two attached hydrogens (primary N) is 1. The van der Waals surface area contributed by atoms with Gasteiger partial charge in [0.2, 0.25) is 10.0 Å². The van der Waals surface area contributed by atoms with Gasteiger partial charge in [0, 0.05) is 19.4 Å². The molecule has 0 aliphatic rings. The largest absolute Gasteiger partial charge is 0.388 e. The molecule has 0 aliphatic heterocycles. The van der Waals surface area contributed by atoms with Gasteiger partial charge in [0.15, 0.2) is 0 Å². The highest BCUT2D eigenvalue weighted by Crippen LogP contribution is 2.20. The number of ether oxygens (including phenoxy) is 1. The van der Waals surface area contributed by atoms with Crippen LogP contribution in [0.2, 0.25) is 0 Å². The molecule has 0 fully saturated rings. The molecular weight excluding hydrogens is 304 g/mol. The number of rotatable bonds is 11. The zero-order chi connectivity index (χ0) is 16.4. The smallest absolute Gasteiger partial charge is 0.232 e. The summed E-state index contributed by atoms with van der Waals surface area (Å²) >= 11 is 0. The van der Waals surface area contributed by atoms with Crippen LogP contribution in [-0.2, 0) is 14.8 Å². The van der Waals surface area contributed by atoms with Crippen molar-refractivity contribution in [2.45, 2.75) is 31.8 Å². The first-order valence-corrected chi connectivity index (χ1v) is 9.11. The van der Waals surface area contributed by atoms with Gasteiger partial charge < -0.3 is 15.6 Å². The number of hydrogen-bond donors (Lipinski definition) is 3. The van der Waals surface area contributed by atoms with E-state index >= 15 is 0 Å². The second kappa shape index (κ2) is 9.78. The molecule has 0 radical (unpaired) electrons. The van der Waals surface area contributed by atoms with Crippen molar-refractivity contribution in [3.63, 3.8) is 0 Å². The number of benzene rings is 1. The summed E-state index contributed by atoms with van der Waals surface area (Å²) in [5.74, 6) is 0.0757. The van der Waals surface area contributed by atoms with E-state index in [-0.39, 0.29) is 5.75 Å². The highest BCUT2D eigenvalue weighted by atomic mass is 32.2. The second-order valence-electron chi connectivity index (χ2n) is 5.19. The molecule has 1 rings (SSSR count). The van der Waals surface area contributed by atoms with E-state index in [1.54, 1.807) is 31.4 Å². The Labute approximate surface area is 132 Å². The number of aliphatic hydroxyl groups is 1. The predicted molar refractivity (Wildman–Crippen MR) is 88.2 cm³/mol. The van der Waals surface area contributed by atoms with Crippen molar-refractivity contribution in [3.8, 4) is 0 Å². The van der Waals surface area contributed by atoms with Crippen LogP contribution in [0.4, 0.5) is 5.69 Å². The molecule has 126 valence electrons. The topological polar surface area (TPSA) is 102 Å². The molecular formula is C15H26N2O4S. The maximum atomic E-state index is 12.0. The Morgan fingerprint density at radius 1 is 1.32 bits per heavy atom. The first-order chi connectivity index (χ1) is 10.5. The average molecular weight is 330 g/mol. The molecule has 0 spiro atoms. The molecule has 1 aromatic carbocycles. The molecule has 22 heavy (non-hydrogen) atoms. The van der Waals surface area contributed by atoms with E-state index in [1.807, 2.05) is 0 Å². The summed E-state index contributed by atoms with van der Waals surface area (Å²) in [6.45, 7) is 1.02. The number of unbranched alkanes of at least 4 members (excludes halogenated alkanes) is 2. The molecule has 0 amide bonds. The van der Waals surface area contributed by atoms with Gasteiger partial charge in [0.25, 0.3) is 0 Å². The van der Waals surface area contributed by atoms with Gasteiger partial charge in [-0.25, -0.2) is 8.42 Å². The van der Waals surface area contributed by atoms with Gasteiger partial charge in [-0.2, -0.15) is 0 Å². The van der Waals surface area contributed by atoms with Gasteiger partial charge in [0.1, 0.15) is 0 Å². The van der Waals surface area contributed by atoms with Crippen LogP contribution in [0.1, 0.15) is 37.4 Å². The monoisotopic (exact) mass is 330 g/mol. The lowest BCUT2D eigenvalue weighted by Gasteiger charge is -2.13. The summed E-state index contributed by atoms with van der Waals surface area (Å²) in [4.78, 5) is 0. The standard InChI is InChI=1S/C15H26N2O4S/c1-21-10-3-2-4-11-22(19,20)17-14-7-5-6-13(12-14)15(18)8-9-16/h5-7,12,15,17-18H,2-4,8-11,16H2,1H3. The SMILES string of the molecule is COCCCCCS(=O)(=O)Nc1cccc(C(O)CCN)c1. The van der Waals surface area contributed by atoms with Gasteiger partial charge >= 0.3 is 0 Å². The van der Waals surface area contributed by atoms with E-state index in [0.29, 0.717) is 37.2 Å². The van der Waals surface area contributed by atoms with Crippen LogP contribution < -0.4 is 10.5 Å². The fourth-order valence-electron chi connectivity index (χ4n) is 2.08. The maximum absolute atomic E-state index is 12.0. The van der Waals surface area contributed by atoms with Crippen molar-refractivity contribution in [2.75, 3.05) is 30.7 Å². The minimum absolute atomic E-state index is 0.0757. The van der Waals surface area contributed by atoms with Crippen molar-refractivity contribution < 1.29 is 18.3 Å². The van der Waals surface area contributed by atoms with E-state index in [2.05, 4.69) is 4.72 Å². The maximum Gasteiger partial charge on any atom is 0.232 e. The third kappa shape index (κ3) is 7.22. The van der Waals surface area contributed by atoms with Crippen LogP contribution in [0, 0.1) is 0 Å². The molecule has 0 saturated carbocycles. The van der Waals surface area contributed by atoms with Crippen molar-refractivity contribution in [1.82, 2.24) is 0 Å². The molecule has 0 aliphatic carbocycles. The minimum atomic E-state index is -3.37.